The molecule has 1 aromatic carbocycles. The van der Waals surface area contributed by atoms with Gasteiger partial charge in [0.05, 0.1) is 0 Å². The molecule has 1 aromatic heterocycles. The highest BCUT2D eigenvalue weighted by Gasteiger charge is 2.21. The summed E-state index contributed by atoms with van der Waals surface area (Å²) in [6.07, 6.45) is 0. The van der Waals surface area contributed by atoms with Gasteiger partial charge < -0.3 is 15.1 Å². The monoisotopic (exact) mass is 262 g/mol. The van der Waals surface area contributed by atoms with E-state index in [4.69, 9.17) is 10.2 Å². The van der Waals surface area contributed by atoms with Crippen molar-refractivity contribution in [3.63, 3.8) is 0 Å². The standard InChI is InChI=1S/C13H14N2O2S/c14-10-1-2-11-9(7-10)8-12(17-11)13(16)15-3-5-18-6-4-15/h1-2,7-8H,3-6,14H2. The molecular weight excluding hydrogens is 248 g/mol. The molecule has 1 saturated heterocycles. The molecule has 2 heterocycles. The molecule has 1 amide bonds. The van der Waals surface area contributed by atoms with E-state index >= 15 is 0 Å². The zero-order valence-corrected chi connectivity index (χ0v) is 10.7. The Morgan fingerprint density at radius 2 is 2.06 bits per heavy atom. The first-order valence-corrected chi connectivity index (χ1v) is 7.05. The summed E-state index contributed by atoms with van der Waals surface area (Å²) >= 11 is 1.88. The minimum Gasteiger partial charge on any atom is -0.451 e. The van der Waals surface area contributed by atoms with Gasteiger partial charge in [0.1, 0.15) is 5.58 Å². The molecule has 2 N–H and O–H groups in total. The van der Waals surface area contributed by atoms with Gasteiger partial charge in [-0.15, -0.1) is 0 Å². The van der Waals surface area contributed by atoms with Crippen molar-refractivity contribution in [2.45, 2.75) is 0 Å². The van der Waals surface area contributed by atoms with Gasteiger partial charge in [0.15, 0.2) is 5.76 Å². The average Bonchev–Trinajstić information content (AvgIpc) is 2.81. The van der Waals surface area contributed by atoms with Crippen LogP contribution in [0.25, 0.3) is 11.0 Å². The number of hydrogen-bond acceptors (Lipinski definition) is 4. The Labute approximate surface area is 109 Å². The minimum absolute atomic E-state index is 0.0231. The predicted molar refractivity (Wildman–Crippen MR) is 73.9 cm³/mol. The number of anilines is 1. The average molecular weight is 262 g/mol. The fourth-order valence-electron chi connectivity index (χ4n) is 2.09. The van der Waals surface area contributed by atoms with Crippen molar-refractivity contribution in [1.82, 2.24) is 4.90 Å². The maximum atomic E-state index is 12.2. The number of fused-ring (bicyclic) bond motifs is 1. The second kappa shape index (κ2) is 4.57. The zero-order chi connectivity index (χ0) is 12.5. The third-order valence-corrected chi connectivity index (χ3v) is 3.99. The van der Waals surface area contributed by atoms with Crippen LogP contribution in [0, 0.1) is 0 Å². The summed E-state index contributed by atoms with van der Waals surface area (Å²) in [6.45, 7) is 1.59. The number of benzene rings is 1. The van der Waals surface area contributed by atoms with Crippen LogP contribution >= 0.6 is 11.8 Å². The molecule has 94 valence electrons. The van der Waals surface area contributed by atoms with E-state index in [9.17, 15) is 4.79 Å². The third kappa shape index (κ3) is 2.06. The number of nitrogen functional groups attached to an aromatic ring is 1. The van der Waals surface area contributed by atoms with Gasteiger partial charge in [-0.1, -0.05) is 0 Å². The second-order valence-electron chi connectivity index (χ2n) is 4.31. The number of carbonyl (C=O) groups excluding carboxylic acids is 1. The number of thioether (sulfide) groups is 1. The van der Waals surface area contributed by atoms with E-state index in [0.717, 1.165) is 30.0 Å². The van der Waals surface area contributed by atoms with Gasteiger partial charge in [-0.2, -0.15) is 11.8 Å². The van der Waals surface area contributed by atoms with Gasteiger partial charge >= 0.3 is 0 Å². The van der Waals surface area contributed by atoms with Gasteiger partial charge in [0, 0.05) is 35.7 Å². The van der Waals surface area contributed by atoms with E-state index in [1.165, 1.54) is 0 Å². The molecule has 0 spiro atoms. The molecule has 0 atom stereocenters. The first-order chi connectivity index (χ1) is 8.74. The highest BCUT2D eigenvalue weighted by atomic mass is 32.2. The fraction of sp³-hybridized carbons (Fsp3) is 0.308. The Morgan fingerprint density at radius 1 is 1.28 bits per heavy atom. The number of hydrogen-bond donors (Lipinski definition) is 1. The van der Waals surface area contributed by atoms with E-state index in [-0.39, 0.29) is 5.91 Å². The Bertz CT molecular complexity index is 588. The maximum Gasteiger partial charge on any atom is 0.289 e. The van der Waals surface area contributed by atoms with Crippen molar-refractivity contribution >= 4 is 34.3 Å². The minimum atomic E-state index is -0.0231. The molecule has 1 aliphatic rings. The number of rotatable bonds is 1. The maximum absolute atomic E-state index is 12.2. The van der Waals surface area contributed by atoms with E-state index in [1.54, 1.807) is 18.2 Å². The lowest BCUT2D eigenvalue weighted by Crippen LogP contribution is -2.37. The summed E-state index contributed by atoms with van der Waals surface area (Å²) in [5, 5.41) is 0.879. The second-order valence-corrected chi connectivity index (χ2v) is 5.54. The van der Waals surface area contributed by atoms with E-state index < -0.39 is 0 Å². The van der Waals surface area contributed by atoms with E-state index in [2.05, 4.69) is 0 Å². The lowest BCUT2D eigenvalue weighted by atomic mass is 10.2. The molecule has 0 unspecified atom stereocenters. The highest BCUT2D eigenvalue weighted by Crippen LogP contribution is 2.23. The van der Waals surface area contributed by atoms with Crippen LogP contribution in [0.3, 0.4) is 0 Å². The zero-order valence-electron chi connectivity index (χ0n) is 9.89. The Balaban J connectivity index is 1.91. The number of nitrogens with two attached hydrogens (primary N) is 1. The Morgan fingerprint density at radius 3 is 2.83 bits per heavy atom. The van der Waals surface area contributed by atoms with Crippen LogP contribution in [0.1, 0.15) is 10.6 Å². The van der Waals surface area contributed by atoms with Crippen LogP contribution in [-0.2, 0) is 0 Å². The number of amides is 1. The number of nitrogens with zero attached hydrogens (tertiary/aromatic N) is 1. The molecule has 5 heteroatoms. The Hall–Kier alpha value is -1.62. The smallest absolute Gasteiger partial charge is 0.289 e. The largest absolute Gasteiger partial charge is 0.451 e. The van der Waals surface area contributed by atoms with Crippen LogP contribution in [0.2, 0.25) is 0 Å². The van der Waals surface area contributed by atoms with Gasteiger partial charge in [-0.05, 0) is 24.3 Å². The van der Waals surface area contributed by atoms with Crippen molar-refractivity contribution in [3.05, 3.63) is 30.0 Å². The van der Waals surface area contributed by atoms with E-state index in [0.29, 0.717) is 17.0 Å². The van der Waals surface area contributed by atoms with Crippen LogP contribution in [0.5, 0.6) is 0 Å². The summed E-state index contributed by atoms with van der Waals surface area (Å²) < 4.78 is 5.58. The van der Waals surface area contributed by atoms with Crippen LogP contribution in [-0.4, -0.2) is 35.4 Å². The molecule has 0 saturated carbocycles. The number of furan rings is 1. The summed E-state index contributed by atoms with van der Waals surface area (Å²) in [6, 6.07) is 7.17. The van der Waals surface area contributed by atoms with Crippen molar-refractivity contribution in [3.8, 4) is 0 Å². The first kappa shape index (κ1) is 11.5. The van der Waals surface area contributed by atoms with Crippen LogP contribution in [0.4, 0.5) is 5.69 Å². The Kier molecular flexibility index (Phi) is 2.91. The summed E-state index contributed by atoms with van der Waals surface area (Å²) in [5.41, 5.74) is 7.10. The van der Waals surface area contributed by atoms with Crippen LogP contribution in [0.15, 0.2) is 28.7 Å². The molecule has 2 aromatic rings. The first-order valence-electron chi connectivity index (χ1n) is 5.90. The van der Waals surface area contributed by atoms with Gasteiger partial charge in [0.2, 0.25) is 0 Å². The lowest BCUT2D eigenvalue weighted by Gasteiger charge is -2.25. The highest BCUT2D eigenvalue weighted by molar-refractivity contribution is 7.99. The SMILES string of the molecule is Nc1ccc2oc(C(=O)N3CCSCC3)cc2c1. The topological polar surface area (TPSA) is 59.5 Å². The van der Waals surface area contributed by atoms with Gasteiger partial charge in [0.25, 0.3) is 5.91 Å². The molecule has 0 aliphatic carbocycles. The van der Waals surface area contributed by atoms with Crippen LogP contribution < -0.4 is 5.73 Å². The molecular formula is C13H14N2O2S. The molecule has 3 rings (SSSR count). The molecule has 4 nitrogen and oxygen atoms in total. The fourth-order valence-corrected chi connectivity index (χ4v) is 2.99. The van der Waals surface area contributed by atoms with Crippen molar-refractivity contribution in [2.24, 2.45) is 0 Å². The number of carbonyl (C=O) groups is 1. The predicted octanol–water partition coefficient (Wildman–Crippen LogP) is 2.20. The quantitative estimate of drug-likeness (QED) is 0.800. The molecule has 18 heavy (non-hydrogen) atoms. The summed E-state index contributed by atoms with van der Waals surface area (Å²) in [5.74, 6) is 2.38. The van der Waals surface area contributed by atoms with E-state index in [1.807, 2.05) is 22.7 Å². The third-order valence-electron chi connectivity index (χ3n) is 3.05. The lowest BCUT2D eigenvalue weighted by molar-refractivity contribution is 0.0743. The van der Waals surface area contributed by atoms with Crippen molar-refractivity contribution in [1.29, 1.82) is 0 Å². The van der Waals surface area contributed by atoms with Gasteiger partial charge in [-0.25, -0.2) is 0 Å². The summed E-state index contributed by atoms with van der Waals surface area (Å²) in [7, 11) is 0. The van der Waals surface area contributed by atoms with Gasteiger partial charge in [-0.3, -0.25) is 4.79 Å². The molecule has 1 aliphatic heterocycles. The summed E-state index contributed by atoms with van der Waals surface area (Å²) in [4.78, 5) is 14.1. The van der Waals surface area contributed by atoms with Crippen molar-refractivity contribution in [2.75, 3.05) is 30.3 Å². The molecule has 0 radical (unpaired) electrons. The van der Waals surface area contributed by atoms with Crippen molar-refractivity contribution < 1.29 is 9.21 Å². The normalized spacial score (nSPS) is 16.1. The molecule has 0 bridgehead atoms. The molecule has 1 fully saturated rings.